The Morgan fingerprint density at radius 2 is 1.56 bits per heavy atom. The molecule has 1 saturated heterocycles. The van der Waals surface area contributed by atoms with Gasteiger partial charge in [0.1, 0.15) is 6.10 Å². The van der Waals surface area contributed by atoms with Crippen LogP contribution in [0.15, 0.2) is 0 Å². The van der Waals surface area contributed by atoms with Crippen molar-refractivity contribution in [1.29, 1.82) is 0 Å². The number of carboxylic acids is 1. The van der Waals surface area contributed by atoms with Gasteiger partial charge in [-0.2, -0.15) is 0 Å². The molecule has 2 N–H and O–H groups in total. The van der Waals surface area contributed by atoms with Crippen LogP contribution >= 0.6 is 0 Å². The van der Waals surface area contributed by atoms with E-state index in [0.29, 0.717) is 54.2 Å². The van der Waals surface area contributed by atoms with Gasteiger partial charge in [-0.15, -0.1) is 0 Å². The molecule has 6 rings (SSSR count). The first kappa shape index (κ1) is 38.5. The van der Waals surface area contributed by atoms with Crippen molar-refractivity contribution < 1.29 is 27.9 Å². The number of ether oxygens (including phenoxy) is 1. The molecule has 1 heterocycles. The van der Waals surface area contributed by atoms with Gasteiger partial charge in [0.15, 0.2) is 9.84 Å². The zero-order valence-corrected chi connectivity index (χ0v) is 33.7. The van der Waals surface area contributed by atoms with Gasteiger partial charge in [-0.05, 0) is 130 Å². The van der Waals surface area contributed by atoms with Crippen LogP contribution in [0.5, 0.6) is 0 Å². The number of aliphatic carboxylic acids is 1. The molecule has 50 heavy (non-hydrogen) atoms. The van der Waals surface area contributed by atoms with Gasteiger partial charge >= 0.3 is 11.9 Å². The van der Waals surface area contributed by atoms with E-state index in [1.807, 2.05) is 0 Å². The van der Waals surface area contributed by atoms with Crippen molar-refractivity contribution in [3.8, 4) is 0 Å². The van der Waals surface area contributed by atoms with Crippen molar-refractivity contribution in [2.75, 3.05) is 37.7 Å². The third kappa shape index (κ3) is 6.21. The first-order chi connectivity index (χ1) is 23.1. The van der Waals surface area contributed by atoms with E-state index in [-0.39, 0.29) is 45.7 Å². The van der Waals surface area contributed by atoms with Crippen molar-refractivity contribution in [1.82, 2.24) is 10.2 Å². The van der Waals surface area contributed by atoms with Gasteiger partial charge in [-0.3, -0.25) is 9.59 Å². The fourth-order valence-electron chi connectivity index (χ4n) is 14.0. The number of nitrogens with zero attached hydrogens (tertiary/aromatic N) is 1. The van der Waals surface area contributed by atoms with Crippen LogP contribution < -0.4 is 5.32 Å². The molecular formula is C41H70N2O6S. The van der Waals surface area contributed by atoms with Gasteiger partial charge in [-0.25, -0.2) is 8.42 Å². The Bertz CT molecular complexity index is 1410. The largest absolute Gasteiger partial charge is 0.481 e. The molecule has 1 aliphatic heterocycles. The standard InChI is InChI=1S/C41H70N2O6S/c1-27(2)28-12-17-41(42-20-21-43-22-24-50(47,48)25-23-43)19-18-39(8)29(34(28)41)10-11-31-38(7)15-14-32(49-33(44)26-36(3,4)35(45)46)37(5,6)30(38)13-16-40(31,39)9/h27-32,34,42H,10-26H2,1-9H3,(H,45,46)/t28-,29+,30-,31?,32-,34+,38-,39+,40+,41-/m0/s1. The molecule has 0 aromatic heterocycles. The van der Waals surface area contributed by atoms with E-state index in [1.165, 1.54) is 44.9 Å². The van der Waals surface area contributed by atoms with Gasteiger partial charge in [-0.1, -0.05) is 48.5 Å². The number of hydrogen-bond acceptors (Lipinski definition) is 7. The summed E-state index contributed by atoms with van der Waals surface area (Å²) in [7, 11) is -2.86. The number of sulfone groups is 1. The number of carbonyl (C=O) groups is 2. The van der Waals surface area contributed by atoms with E-state index in [4.69, 9.17) is 4.74 Å². The van der Waals surface area contributed by atoms with Crippen LogP contribution in [-0.2, 0) is 24.2 Å². The molecule has 0 aromatic carbocycles. The van der Waals surface area contributed by atoms with Crippen LogP contribution in [0.1, 0.15) is 133 Å². The summed E-state index contributed by atoms with van der Waals surface area (Å²) in [5.74, 6) is 3.09. The Balaban J connectivity index is 1.20. The van der Waals surface area contributed by atoms with Crippen molar-refractivity contribution in [2.45, 2.75) is 145 Å². The second-order valence-corrected chi connectivity index (χ2v) is 22.7. The highest BCUT2D eigenvalue weighted by Gasteiger charge is 2.71. The Labute approximate surface area is 303 Å². The minimum Gasteiger partial charge on any atom is -0.481 e. The first-order valence-corrected chi connectivity index (χ1v) is 22.0. The van der Waals surface area contributed by atoms with E-state index in [9.17, 15) is 23.1 Å². The molecule has 0 spiro atoms. The minimum absolute atomic E-state index is 0.102. The van der Waals surface area contributed by atoms with Crippen LogP contribution in [0.3, 0.4) is 0 Å². The molecule has 8 nitrogen and oxygen atoms in total. The molecule has 5 saturated carbocycles. The lowest BCUT2D eigenvalue weighted by molar-refractivity contribution is -0.247. The minimum atomic E-state index is -2.86. The number of fused-ring (bicyclic) bond motifs is 7. The number of carboxylic acid groups (broad SMARTS) is 1. The zero-order chi connectivity index (χ0) is 36.7. The maximum absolute atomic E-state index is 13.1. The summed E-state index contributed by atoms with van der Waals surface area (Å²) < 4.78 is 30.2. The summed E-state index contributed by atoms with van der Waals surface area (Å²) in [5, 5.41) is 13.8. The predicted molar refractivity (Wildman–Crippen MR) is 198 cm³/mol. The van der Waals surface area contributed by atoms with Crippen LogP contribution in [0.4, 0.5) is 0 Å². The van der Waals surface area contributed by atoms with Crippen molar-refractivity contribution in [3.63, 3.8) is 0 Å². The highest BCUT2D eigenvalue weighted by atomic mass is 32.2. The van der Waals surface area contributed by atoms with Crippen LogP contribution in [0.25, 0.3) is 0 Å². The number of rotatable bonds is 9. The van der Waals surface area contributed by atoms with Crippen LogP contribution in [0.2, 0.25) is 0 Å². The maximum atomic E-state index is 13.1. The third-order valence-electron chi connectivity index (χ3n) is 17.1. The Morgan fingerprint density at radius 3 is 2.20 bits per heavy atom. The van der Waals surface area contributed by atoms with E-state index in [1.54, 1.807) is 13.8 Å². The van der Waals surface area contributed by atoms with Gasteiger partial charge in [0, 0.05) is 37.1 Å². The lowest BCUT2D eigenvalue weighted by Crippen LogP contribution is -2.69. The quantitative estimate of drug-likeness (QED) is 0.241. The average Bonchev–Trinajstić information content (AvgIpc) is 3.39. The first-order valence-electron chi connectivity index (χ1n) is 20.2. The normalized spacial score (nSPS) is 44.0. The maximum Gasteiger partial charge on any atom is 0.309 e. The van der Waals surface area contributed by atoms with Crippen molar-refractivity contribution >= 4 is 21.8 Å². The van der Waals surface area contributed by atoms with Crippen molar-refractivity contribution in [3.05, 3.63) is 0 Å². The molecule has 6 aliphatic rings. The smallest absolute Gasteiger partial charge is 0.309 e. The highest BCUT2D eigenvalue weighted by Crippen LogP contribution is 2.76. The topological polar surface area (TPSA) is 113 Å². The fraction of sp³-hybridized carbons (Fsp3) is 0.951. The summed E-state index contributed by atoms with van der Waals surface area (Å²) >= 11 is 0. The Morgan fingerprint density at radius 1 is 0.880 bits per heavy atom. The van der Waals surface area contributed by atoms with Gasteiger partial charge in [0.2, 0.25) is 0 Å². The summed E-state index contributed by atoms with van der Waals surface area (Å²) in [4.78, 5) is 27.2. The van der Waals surface area contributed by atoms with Crippen molar-refractivity contribution in [2.24, 2.45) is 62.6 Å². The summed E-state index contributed by atoms with van der Waals surface area (Å²) in [6.45, 7) is 23.9. The number of carbonyl (C=O) groups excluding carboxylic acids is 1. The van der Waals surface area contributed by atoms with E-state index in [2.05, 4.69) is 58.7 Å². The Hall–Kier alpha value is -1.19. The molecule has 10 atom stereocenters. The number of esters is 1. The predicted octanol–water partition coefficient (Wildman–Crippen LogP) is 7.21. The van der Waals surface area contributed by atoms with Crippen LogP contribution in [0, 0.1) is 62.6 Å². The number of nitrogens with one attached hydrogen (secondary N) is 1. The van der Waals surface area contributed by atoms with Gasteiger partial charge < -0.3 is 20.1 Å². The molecule has 6 fully saturated rings. The molecule has 286 valence electrons. The lowest BCUT2D eigenvalue weighted by Gasteiger charge is -2.73. The van der Waals surface area contributed by atoms with E-state index in [0.717, 1.165) is 38.3 Å². The van der Waals surface area contributed by atoms with E-state index >= 15 is 0 Å². The summed E-state index contributed by atoms with van der Waals surface area (Å²) in [6, 6.07) is 0. The third-order valence-corrected chi connectivity index (χ3v) is 18.7. The summed E-state index contributed by atoms with van der Waals surface area (Å²) in [6.07, 6.45) is 11.6. The molecule has 0 amide bonds. The molecule has 9 heteroatoms. The molecule has 5 aliphatic carbocycles. The fourth-order valence-corrected chi connectivity index (χ4v) is 15.2. The van der Waals surface area contributed by atoms with Crippen LogP contribution in [-0.4, -0.2) is 79.7 Å². The van der Waals surface area contributed by atoms with E-state index < -0.39 is 21.2 Å². The molecule has 0 radical (unpaired) electrons. The summed E-state index contributed by atoms with van der Waals surface area (Å²) in [5.41, 5.74) is -0.422. The lowest BCUT2D eigenvalue weighted by atomic mass is 9.32. The molecule has 1 unspecified atom stereocenters. The second kappa shape index (κ2) is 13.0. The highest BCUT2D eigenvalue weighted by molar-refractivity contribution is 7.91. The molecule has 0 bridgehead atoms. The zero-order valence-electron chi connectivity index (χ0n) is 32.9. The monoisotopic (exact) mass is 718 g/mol. The van der Waals surface area contributed by atoms with Gasteiger partial charge in [0.25, 0.3) is 0 Å². The molecule has 0 aromatic rings. The average molecular weight is 719 g/mol. The SMILES string of the molecule is CC(C)[C@@H]1CC[C@]2(NCCN3CCS(=O)(=O)CC3)CC[C@]3(C)[C@H](CCC4[C@@]5(C)CC[C@H](OC(=O)CC(C)(C)C(=O)O)C(C)(C)[C@@H]5CC[C@]43C)[C@@H]12. The molecular weight excluding hydrogens is 649 g/mol. The Kier molecular flexibility index (Phi) is 10.0. The van der Waals surface area contributed by atoms with Gasteiger partial charge in [0.05, 0.1) is 23.3 Å². The number of hydrogen-bond donors (Lipinski definition) is 2. The second-order valence-electron chi connectivity index (χ2n) is 20.4.